The molecular formula is C16H25NO4. The van der Waals surface area contributed by atoms with Crippen LogP contribution in [0.2, 0.25) is 0 Å². The topological polar surface area (TPSA) is 67.8 Å². The highest BCUT2D eigenvalue weighted by Crippen LogP contribution is 2.19. The molecule has 1 aromatic carbocycles. The molecule has 118 valence electrons. The number of aliphatic hydroxyl groups is 1. The summed E-state index contributed by atoms with van der Waals surface area (Å²) in [4.78, 5) is 11.6. The molecule has 1 amide bonds. The first-order valence-electron chi connectivity index (χ1n) is 6.97. The third-order valence-corrected chi connectivity index (χ3v) is 2.38. The van der Waals surface area contributed by atoms with Crippen molar-refractivity contribution in [2.45, 2.75) is 52.4 Å². The van der Waals surface area contributed by atoms with Gasteiger partial charge in [0, 0.05) is 12.1 Å². The van der Waals surface area contributed by atoms with Gasteiger partial charge in [0.15, 0.2) is 0 Å². The molecule has 0 unspecified atom stereocenters. The summed E-state index contributed by atoms with van der Waals surface area (Å²) in [5, 5.41) is 12.4. The van der Waals surface area contributed by atoms with Crippen LogP contribution in [0.3, 0.4) is 0 Å². The lowest BCUT2D eigenvalue weighted by atomic mass is 10.1. The van der Waals surface area contributed by atoms with Crippen molar-refractivity contribution in [3.8, 4) is 5.75 Å². The fourth-order valence-corrected chi connectivity index (χ4v) is 1.53. The van der Waals surface area contributed by atoms with Gasteiger partial charge in [0.1, 0.15) is 18.0 Å². The average Bonchev–Trinajstić information content (AvgIpc) is 2.32. The second-order valence-corrected chi connectivity index (χ2v) is 6.56. The minimum Gasteiger partial charge on any atom is -0.490 e. The smallest absolute Gasteiger partial charge is 0.407 e. The summed E-state index contributed by atoms with van der Waals surface area (Å²) in [5.74, 6) is 0.635. The fourth-order valence-electron chi connectivity index (χ4n) is 1.53. The Bertz CT molecular complexity index is 472. The first kappa shape index (κ1) is 17.3. The molecule has 2 N–H and O–H groups in total. The highest BCUT2D eigenvalue weighted by molar-refractivity contribution is 5.67. The monoisotopic (exact) mass is 295 g/mol. The molecule has 0 aliphatic heterocycles. The van der Waals surface area contributed by atoms with Crippen molar-refractivity contribution in [3.63, 3.8) is 0 Å². The summed E-state index contributed by atoms with van der Waals surface area (Å²) in [7, 11) is 0. The van der Waals surface area contributed by atoms with Crippen molar-refractivity contribution in [2.75, 3.05) is 6.61 Å². The number of carbonyl (C=O) groups is 1. The number of hydrogen-bond acceptors (Lipinski definition) is 4. The molecule has 5 heteroatoms. The Morgan fingerprint density at radius 1 is 1.19 bits per heavy atom. The van der Waals surface area contributed by atoms with Gasteiger partial charge in [0.05, 0.1) is 5.60 Å². The van der Waals surface area contributed by atoms with Crippen LogP contribution in [-0.4, -0.2) is 29.0 Å². The molecular weight excluding hydrogens is 270 g/mol. The van der Waals surface area contributed by atoms with Gasteiger partial charge in [-0.1, -0.05) is 18.2 Å². The highest BCUT2D eigenvalue weighted by Gasteiger charge is 2.17. The Morgan fingerprint density at radius 2 is 1.81 bits per heavy atom. The molecule has 0 spiro atoms. The van der Waals surface area contributed by atoms with E-state index in [-0.39, 0.29) is 6.61 Å². The van der Waals surface area contributed by atoms with E-state index in [0.717, 1.165) is 5.56 Å². The fraction of sp³-hybridized carbons (Fsp3) is 0.562. The van der Waals surface area contributed by atoms with Crippen LogP contribution >= 0.6 is 0 Å². The van der Waals surface area contributed by atoms with Crippen LogP contribution in [0.5, 0.6) is 5.75 Å². The summed E-state index contributed by atoms with van der Waals surface area (Å²) in [6, 6.07) is 7.37. The van der Waals surface area contributed by atoms with Gasteiger partial charge in [-0.05, 0) is 40.7 Å². The second-order valence-electron chi connectivity index (χ2n) is 6.56. The van der Waals surface area contributed by atoms with Gasteiger partial charge in [0.2, 0.25) is 0 Å². The molecule has 0 radical (unpaired) electrons. The molecule has 0 saturated carbocycles. The number of amides is 1. The number of carbonyl (C=O) groups excluding carboxylic acids is 1. The number of alkyl carbamates (subject to hydrolysis) is 1. The van der Waals surface area contributed by atoms with Crippen LogP contribution in [0, 0.1) is 0 Å². The molecule has 1 aromatic rings. The largest absolute Gasteiger partial charge is 0.490 e. The predicted octanol–water partition coefficient (Wildman–Crippen LogP) is 2.86. The minimum absolute atomic E-state index is 0.177. The van der Waals surface area contributed by atoms with E-state index in [1.165, 1.54) is 0 Å². The number of hydrogen-bond donors (Lipinski definition) is 2. The Kier molecular flexibility index (Phi) is 5.61. The summed E-state index contributed by atoms with van der Waals surface area (Å²) in [6.07, 6.45) is -0.472. The SMILES string of the molecule is CC(C)(O)COc1ccccc1CNC(=O)OC(C)(C)C. The highest BCUT2D eigenvalue weighted by atomic mass is 16.6. The zero-order valence-electron chi connectivity index (χ0n) is 13.4. The molecule has 0 fully saturated rings. The molecule has 1 rings (SSSR count). The van der Waals surface area contributed by atoms with Gasteiger partial charge < -0.3 is 19.9 Å². The van der Waals surface area contributed by atoms with Gasteiger partial charge in [-0.25, -0.2) is 4.79 Å². The second kappa shape index (κ2) is 6.80. The van der Waals surface area contributed by atoms with E-state index < -0.39 is 17.3 Å². The number of benzene rings is 1. The Balaban J connectivity index is 2.61. The average molecular weight is 295 g/mol. The summed E-state index contributed by atoms with van der Waals surface area (Å²) in [6.45, 7) is 9.27. The molecule has 0 aromatic heterocycles. The maximum Gasteiger partial charge on any atom is 0.407 e. The summed E-state index contributed by atoms with van der Waals surface area (Å²) in [5.41, 5.74) is -0.611. The third kappa shape index (κ3) is 7.56. The Hall–Kier alpha value is -1.75. The van der Waals surface area contributed by atoms with Crippen LogP contribution in [0.4, 0.5) is 4.79 Å². The molecule has 0 aliphatic carbocycles. The number of rotatable bonds is 5. The van der Waals surface area contributed by atoms with E-state index in [1.54, 1.807) is 19.9 Å². The van der Waals surface area contributed by atoms with Crippen molar-refractivity contribution in [2.24, 2.45) is 0 Å². The zero-order chi connectivity index (χ0) is 16.1. The van der Waals surface area contributed by atoms with Crippen LogP contribution in [-0.2, 0) is 11.3 Å². The maximum atomic E-state index is 11.6. The predicted molar refractivity (Wildman–Crippen MR) is 81.3 cm³/mol. The molecule has 5 nitrogen and oxygen atoms in total. The van der Waals surface area contributed by atoms with Crippen molar-refractivity contribution in [3.05, 3.63) is 29.8 Å². The lowest BCUT2D eigenvalue weighted by molar-refractivity contribution is 0.0279. The van der Waals surface area contributed by atoms with E-state index in [4.69, 9.17) is 9.47 Å². The van der Waals surface area contributed by atoms with E-state index >= 15 is 0 Å². The molecule has 0 aliphatic rings. The van der Waals surface area contributed by atoms with E-state index in [1.807, 2.05) is 39.0 Å². The standard InChI is InChI=1S/C16H25NO4/c1-15(2,3)21-14(18)17-10-12-8-6-7-9-13(12)20-11-16(4,5)19/h6-9,19H,10-11H2,1-5H3,(H,17,18). The molecule has 21 heavy (non-hydrogen) atoms. The van der Waals surface area contributed by atoms with Crippen molar-refractivity contribution < 1.29 is 19.4 Å². The van der Waals surface area contributed by atoms with E-state index in [9.17, 15) is 9.90 Å². The molecule has 0 atom stereocenters. The van der Waals surface area contributed by atoms with Crippen molar-refractivity contribution >= 4 is 6.09 Å². The molecule has 0 bridgehead atoms. The van der Waals surface area contributed by atoms with Gasteiger partial charge in [-0.2, -0.15) is 0 Å². The third-order valence-electron chi connectivity index (χ3n) is 2.38. The van der Waals surface area contributed by atoms with Crippen molar-refractivity contribution in [1.29, 1.82) is 0 Å². The van der Waals surface area contributed by atoms with Crippen LogP contribution < -0.4 is 10.1 Å². The Labute approximate surface area is 126 Å². The van der Waals surface area contributed by atoms with Crippen LogP contribution in [0.15, 0.2) is 24.3 Å². The number of para-hydroxylation sites is 1. The number of nitrogens with one attached hydrogen (secondary N) is 1. The first-order valence-corrected chi connectivity index (χ1v) is 6.97. The van der Waals surface area contributed by atoms with Crippen molar-refractivity contribution in [1.82, 2.24) is 5.32 Å². The normalized spacial score (nSPS) is 11.9. The van der Waals surface area contributed by atoms with Gasteiger partial charge in [0.25, 0.3) is 0 Å². The quantitative estimate of drug-likeness (QED) is 0.876. The maximum absolute atomic E-state index is 11.6. The van der Waals surface area contributed by atoms with E-state index in [0.29, 0.717) is 12.3 Å². The summed E-state index contributed by atoms with van der Waals surface area (Å²) < 4.78 is 10.8. The van der Waals surface area contributed by atoms with Gasteiger partial charge in [-0.3, -0.25) is 0 Å². The molecule has 0 heterocycles. The lowest BCUT2D eigenvalue weighted by Crippen LogP contribution is -2.32. The van der Waals surface area contributed by atoms with Gasteiger partial charge >= 0.3 is 6.09 Å². The first-order chi connectivity index (χ1) is 9.57. The summed E-state index contributed by atoms with van der Waals surface area (Å²) >= 11 is 0. The Morgan fingerprint density at radius 3 is 2.38 bits per heavy atom. The number of ether oxygens (including phenoxy) is 2. The zero-order valence-corrected chi connectivity index (χ0v) is 13.4. The van der Waals surface area contributed by atoms with Crippen LogP contribution in [0.1, 0.15) is 40.2 Å². The van der Waals surface area contributed by atoms with Gasteiger partial charge in [-0.15, -0.1) is 0 Å². The van der Waals surface area contributed by atoms with Crippen LogP contribution in [0.25, 0.3) is 0 Å². The molecule has 0 saturated heterocycles. The minimum atomic E-state index is -0.911. The lowest BCUT2D eigenvalue weighted by Gasteiger charge is -2.21. The van der Waals surface area contributed by atoms with E-state index in [2.05, 4.69) is 5.32 Å².